The zero-order chi connectivity index (χ0) is 42.4. The lowest BCUT2D eigenvalue weighted by Crippen LogP contribution is -2.30. The molecule has 0 aromatic carbocycles. The van der Waals surface area contributed by atoms with Crippen molar-refractivity contribution in [2.45, 2.75) is 297 Å². The summed E-state index contributed by atoms with van der Waals surface area (Å²) in [7, 11) is 0. The lowest BCUT2D eigenvalue weighted by atomic mass is 10.0. The first-order valence-corrected chi connectivity index (χ1v) is 25.9. The molecule has 0 aromatic rings. The van der Waals surface area contributed by atoms with Crippen molar-refractivity contribution in [1.82, 2.24) is 0 Å². The summed E-state index contributed by atoms with van der Waals surface area (Å²) in [5.41, 5.74) is 0. The van der Waals surface area contributed by atoms with Crippen LogP contribution in [0.1, 0.15) is 291 Å². The maximum Gasteiger partial charge on any atom is 0.306 e. The smallest absolute Gasteiger partial charge is 0.306 e. The van der Waals surface area contributed by atoms with Crippen LogP contribution >= 0.6 is 0 Å². The maximum atomic E-state index is 12.6. The van der Waals surface area contributed by atoms with Crippen LogP contribution in [0.25, 0.3) is 0 Å². The van der Waals surface area contributed by atoms with Crippen LogP contribution in [0.4, 0.5) is 0 Å². The summed E-state index contributed by atoms with van der Waals surface area (Å²) in [4.78, 5) is 37.6. The van der Waals surface area contributed by atoms with Gasteiger partial charge in [-0.15, -0.1) is 0 Å². The third-order valence-electron chi connectivity index (χ3n) is 11.8. The highest BCUT2D eigenvalue weighted by Gasteiger charge is 2.19. The molecule has 0 aromatic heterocycles. The summed E-state index contributed by atoms with van der Waals surface area (Å²) in [6, 6.07) is 0. The van der Waals surface area contributed by atoms with Gasteiger partial charge in [0.25, 0.3) is 0 Å². The van der Waals surface area contributed by atoms with E-state index in [-0.39, 0.29) is 31.1 Å². The van der Waals surface area contributed by atoms with E-state index in [1.807, 2.05) is 0 Å². The first kappa shape index (κ1) is 56.4. The number of carbonyl (C=O) groups is 3. The molecule has 0 rings (SSSR count). The molecule has 6 nitrogen and oxygen atoms in total. The molecule has 0 fully saturated rings. The molecule has 0 saturated heterocycles. The van der Waals surface area contributed by atoms with Gasteiger partial charge in [0.2, 0.25) is 0 Å². The van der Waals surface area contributed by atoms with Gasteiger partial charge in [-0.1, -0.05) is 252 Å². The number of hydrogen-bond acceptors (Lipinski definition) is 6. The fourth-order valence-corrected chi connectivity index (χ4v) is 7.86. The van der Waals surface area contributed by atoms with E-state index in [0.29, 0.717) is 19.3 Å². The Balaban J connectivity index is 4.05. The zero-order valence-corrected chi connectivity index (χ0v) is 39.5. The highest BCUT2D eigenvalue weighted by Crippen LogP contribution is 2.17. The minimum absolute atomic E-state index is 0.0643. The molecule has 344 valence electrons. The van der Waals surface area contributed by atoms with Crippen molar-refractivity contribution in [1.29, 1.82) is 0 Å². The van der Waals surface area contributed by atoms with Crippen LogP contribution in [0.2, 0.25) is 0 Å². The molecule has 0 aliphatic rings. The molecule has 0 spiro atoms. The average Bonchev–Trinajstić information content (AvgIpc) is 3.21. The number of esters is 3. The van der Waals surface area contributed by atoms with Gasteiger partial charge in [-0.3, -0.25) is 14.4 Å². The molecule has 0 saturated carbocycles. The van der Waals surface area contributed by atoms with Crippen LogP contribution in [-0.4, -0.2) is 37.2 Å². The van der Waals surface area contributed by atoms with E-state index in [1.54, 1.807) is 0 Å². The summed E-state index contributed by atoms with van der Waals surface area (Å²) in [6.45, 7) is 8.96. The lowest BCUT2D eigenvalue weighted by molar-refractivity contribution is -0.167. The third-order valence-corrected chi connectivity index (χ3v) is 11.8. The van der Waals surface area contributed by atoms with Crippen LogP contribution < -0.4 is 0 Å². The van der Waals surface area contributed by atoms with Crippen LogP contribution in [0.15, 0.2) is 0 Å². The summed E-state index contributed by atoms with van der Waals surface area (Å²) < 4.78 is 16.7. The molecule has 0 N–H and O–H groups in total. The van der Waals surface area contributed by atoms with E-state index in [0.717, 1.165) is 70.1 Å². The van der Waals surface area contributed by atoms with Crippen molar-refractivity contribution in [2.24, 2.45) is 5.92 Å². The fourth-order valence-electron chi connectivity index (χ4n) is 7.86. The second-order valence-electron chi connectivity index (χ2n) is 18.3. The number of hydrogen-bond donors (Lipinski definition) is 0. The maximum absolute atomic E-state index is 12.6. The molecule has 0 amide bonds. The van der Waals surface area contributed by atoms with E-state index in [1.165, 1.54) is 180 Å². The van der Waals surface area contributed by atoms with Crippen LogP contribution in [0, 0.1) is 5.92 Å². The molecule has 0 bridgehead atoms. The van der Waals surface area contributed by atoms with Gasteiger partial charge >= 0.3 is 17.9 Å². The Morgan fingerprint density at radius 1 is 0.328 bits per heavy atom. The van der Waals surface area contributed by atoms with E-state index in [9.17, 15) is 14.4 Å². The lowest BCUT2D eigenvalue weighted by Gasteiger charge is -2.18. The number of unbranched alkanes of at least 4 members (excludes halogenated alkanes) is 34. The van der Waals surface area contributed by atoms with Crippen LogP contribution in [-0.2, 0) is 28.6 Å². The zero-order valence-electron chi connectivity index (χ0n) is 39.5. The first-order valence-electron chi connectivity index (χ1n) is 25.9. The van der Waals surface area contributed by atoms with Gasteiger partial charge in [-0.2, -0.15) is 0 Å². The largest absolute Gasteiger partial charge is 0.462 e. The number of ether oxygens (including phenoxy) is 3. The molecule has 58 heavy (non-hydrogen) atoms. The van der Waals surface area contributed by atoms with E-state index in [2.05, 4.69) is 27.7 Å². The van der Waals surface area contributed by atoms with E-state index < -0.39 is 6.10 Å². The molecule has 0 heterocycles. The van der Waals surface area contributed by atoms with Gasteiger partial charge in [0.1, 0.15) is 13.2 Å². The standard InChI is InChI=1S/C52H100O6/c1-5-7-9-11-12-13-14-15-16-17-18-19-23-26-29-32-36-39-43-50(53)56-46-49(58-52(55)45-41-34-10-8-6-2)47-57-51(54)44-40-37-33-30-27-24-21-20-22-25-28-31-35-38-42-48(3)4/h48-49H,5-47H2,1-4H3/t49-/m0/s1. The average molecular weight is 821 g/mol. The fraction of sp³-hybridized carbons (Fsp3) is 0.942. The Hall–Kier alpha value is -1.59. The topological polar surface area (TPSA) is 78.9 Å². The van der Waals surface area contributed by atoms with Crippen molar-refractivity contribution in [3.63, 3.8) is 0 Å². The Labute approximate surface area is 361 Å². The van der Waals surface area contributed by atoms with Crippen LogP contribution in [0.3, 0.4) is 0 Å². The Morgan fingerprint density at radius 3 is 0.845 bits per heavy atom. The van der Waals surface area contributed by atoms with Crippen molar-refractivity contribution in [3.8, 4) is 0 Å². The third kappa shape index (κ3) is 45.5. The molecule has 0 radical (unpaired) electrons. The van der Waals surface area contributed by atoms with Gasteiger partial charge < -0.3 is 14.2 Å². The highest BCUT2D eigenvalue weighted by atomic mass is 16.6. The monoisotopic (exact) mass is 821 g/mol. The molecule has 0 unspecified atom stereocenters. The molecular weight excluding hydrogens is 721 g/mol. The summed E-state index contributed by atoms with van der Waals surface area (Å²) >= 11 is 0. The Morgan fingerprint density at radius 2 is 0.569 bits per heavy atom. The van der Waals surface area contributed by atoms with E-state index in [4.69, 9.17) is 14.2 Å². The van der Waals surface area contributed by atoms with Gasteiger partial charge in [0.05, 0.1) is 0 Å². The quantitative estimate of drug-likeness (QED) is 0.0346. The highest BCUT2D eigenvalue weighted by molar-refractivity contribution is 5.71. The van der Waals surface area contributed by atoms with Gasteiger partial charge in [0, 0.05) is 19.3 Å². The summed E-state index contributed by atoms with van der Waals surface area (Å²) in [6.07, 6.45) is 48.4. The van der Waals surface area contributed by atoms with Gasteiger partial charge in [-0.05, 0) is 25.2 Å². The SMILES string of the molecule is CCCCCCCCCCCCCCCCCCCCC(=O)OC[C@@H](COC(=O)CCCCCCCCCCCCCCCCC(C)C)OC(=O)CCCCCCC. The van der Waals surface area contributed by atoms with Gasteiger partial charge in [-0.25, -0.2) is 0 Å². The van der Waals surface area contributed by atoms with Crippen molar-refractivity contribution >= 4 is 17.9 Å². The second-order valence-corrected chi connectivity index (χ2v) is 18.3. The second kappa shape index (κ2) is 46.5. The van der Waals surface area contributed by atoms with Gasteiger partial charge in [0.15, 0.2) is 6.10 Å². The normalized spacial score (nSPS) is 11.9. The van der Waals surface area contributed by atoms with Crippen molar-refractivity contribution in [3.05, 3.63) is 0 Å². The molecule has 0 aliphatic carbocycles. The minimum atomic E-state index is -0.758. The Kier molecular flexibility index (Phi) is 45.2. The predicted molar refractivity (Wildman–Crippen MR) is 247 cm³/mol. The van der Waals surface area contributed by atoms with Crippen molar-refractivity contribution in [2.75, 3.05) is 13.2 Å². The molecular formula is C52H100O6. The number of carbonyl (C=O) groups excluding carboxylic acids is 3. The van der Waals surface area contributed by atoms with Crippen LogP contribution in [0.5, 0.6) is 0 Å². The predicted octanol–water partition coefficient (Wildman–Crippen LogP) is 16.7. The minimum Gasteiger partial charge on any atom is -0.462 e. The van der Waals surface area contributed by atoms with E-state index >= 15 is 0 Å². The Bertz CT molecular complexity index is 872. The summed E-state index contributed by atoms with van der Waals surface area (Å²) in [5, 5.41) is 0. The molecule has 0 aliphatic heterocycles. The number of rotatable bonds is 47. The molecule has 1 atom stereocenters. The van der Waals surface area contributed by atoms with Crippen molar-refractivity contribution < 1.29 is 28.6 Å². The summed E-state index contributed by atoms with van der Waals surface area (Å²) in [5.74, 6) is -0.0153. The molecule has 6 heteroatoms. The first-order chi connectivity index (χ1) is 28.4.